The van der Waals surface area contributed by atoms with E-state index in [0.717, 1.165) is 0 Å². The number of rotatable bonds is 1. The molecule has 55 valence electrons. The summed E-state index contributed by atoms with van der Waals surface area (Å²) in [5, 5.41) is 10.7. The van der Waals surface area contributed by atoms with Crippen LogP contribution in [-0.2, 0) is 12.2 Å². The number of nitrogens with zero attached hydrogens (tertiary/aromatic N) is 2. The second kappa shape index (κ2) is 2.60. The predicted octanol–water partition coefficient (Wildman–Crippen LogP) is 1.40. The van der Waals surface area contributed by atoms with E-state index in [0.29, 0.717) is 11.4 Å². The van der Waals surface area contributed by atoms with Crippen molar-refractivity contribution in [2.45, 2.75) is 12.5 Å². The second-order valence-electron chi connectivity index (χ2n) is 2.14. The van der Waals surface area contributed by atoms with Crippen LogP contribution in [0.2, 0.25) is 0 Å². The molecule has 0 bridgehead atoms. The van der Waals surface area contributed by atoms with E-state index >= 15 is 0 Å². The van der Waals surface area contributed by atoms with E-state index in [2.05, 4.69) is 4.98 Å². The lowest BCUT2D eigenvalue weighted by atomic mass is 10.3. The first-order chi connectivity index (χ1) is 4.63. The largest absolute Gasteiger partial charge is 0.334 e. The molecule has 1 unspecified atom stereocenters. The van der Waals surface area contributed by atoms with Crippen molar-refractivity contribution in [2.75, 3.05) is 0 Å². The first kappa shape index (κ1) is 7.57. The molecule has 0 aromatic carbocycles. The molecule has 0 aliphatic rings. The molecule has 0 saturated carbocycles. The molecule has 4 heteroatoms. The summed E-state index contributed by atoms with van der Waals surface area (Å²) >= 11 is 5.34. The van der Waals surface area contributed by atoms with Crippen LogP contribution >= 0.6 is 11.6 Å². The fraction of sp³-hybridized carbons (Fsp3) is 0.500. The minimum absolute atomic E-state index is 0.543. The molecular formula is C6H8ClN2O. The fourth-order valence-corrected chi connectivity index (χ4v) is 1.19. The van der Waals surface area contributed by atoms with Crippen molar-refractivity contribution in [2.24, 2.45) is 7.05 Å². The summed E-state index contributed by atoms with van der Waals surface area (Å²) in [6.07, 6.45) is 1.58. The Bertz CT molecular complexity index is 212. The smallest absolute Gasteiger partial charge is 0.208 e. The monoisotopic (exact) mass is 159 g/mol. The van der Waals surface area contributed by atoms with Crippen molar-refractivity contribution in [3.05, 3.63) is 17.7 Å². The van der Waals surface area contributed by atoms with Crippen LogP contribution in [0, 0.1) is 6.92 Å². The van der Waals surface area contributed by atoms with Gasteiger partial charge in [0.05, 0.1) is 17.7 Å². The Balaban J connectivity index is 3.10. The van der Waals surface area contributed by atoms with Crippen LogP contribution < -0.4 is 0 Å². The minimum Gasteiger partial charge on any atom is -0.334 e. The molecule has 1 heterocycles. The molecule has 1 atom stereocenters. The zero-order chi connectivity index (χ0) is 7.72. The van der Waals surface area contributed by atoms with Gasteiger partial charge in [-0.15, -0.1) is 0 Å². The summed E-state index contributed by atoms with van der Waals surface area (Å²) in [6, 6.07) is 0. The molecule has 10 heavy (non-hydrogen) atoms. The normalized spacial score (nSPS) is 13.6. The average Bonchev–Trinajstić information content (AvgIpc) is 2.11. The Labute approximate surface area is 64.3 Å². The Kier molecular flexibility index (Phi) is 1.97. The molecule has 1 rings (SSSR count). The van der Waals surface area contributed by atoms with Crippen LogP contribution in [0.15, 0.2) is 6.33 Å². The Morgan fingerprint density at radius 1 is 1.80 bits per heavy atom. The van der Waals surface area contributed by atoms with Gasteiger partial charge >= 0.3 is 0 Å². The number of hydrogen-bond donors (Lipinski definition) is 0. The lowest BCUT2D eigenvalue weighted by Gasteiger charge is -2.01. The van der Waals surface area contributed by atoms with Crippen molar-refractivity contribution in [3.8, 4) is 0 Å². The Hall–Kier alpha value is -0.540. The number of alkyl halides is 1. The van der Waals surface area contributed by atoms with Gasteiger partial charge < -0.3 is 4.57 Å². The maximum absolute atomic E-state index is 10.7. The Morgan fingerprint density at radius 3 is 2.60 bits per heavy atom. The van der Waals surface area contributed by atoms with Crippen LogP contribution in [0.3, 0.4) is 0 Å². The number of imidazole rings is 1. The molecule has 0 aliphatic heterocycles. The highest BCUT2D eigenvalue weighted by atomic mass is 35.5. The summed E-state index contributed by atoms with van der Waals surface area (Å²) in [6.45, 7) is 1.77. The molecule has 0 N–H and O–H groups in total. The lowest BCUT2D eigenvalue weighted by Crippen LogP contribution is -1.97. The number of hydrogen-bond acceptors (Lipinski definition) is 1. The predicted molar refractivity (Wildman–Crippen MR) is 37.2 cm³/mol. The van der Waals surface area contributed by atoms with Crippen molar-refractivity contribution < 1.29 is 5.11 Å². The van der Waals surface area contributed by atoms with Gasteiger partial charge in [-0.25, -0.2) is 10.1 Å². The molecule has 0 amide bonds. The molecule has 1 aromatic rings. The van der Waals surface area contributed by atoms with Gasteiger partial charge in [-0.2, -0.15) is 0 Å². The van der Waals surface area contributed by atoms with Gasteiger partial charge in [0, 0.05) is 7.05 Å². The van der Waals surface area contributed by atoms with E-state index in [9.17, 15) is 5.11 Å². The van der Waals surface area contributed by atoms with Gasteiger partial charge in [0.1, 0.15) is 0 Å². The number of aromatic nitrogens is 2. The highest BCUT2D eigenvalue weighted by molar-refractivity contribution is 6.19. The van der Waals surface area contributed by atoms with E-state index in [1.54, 1.807) is 24.9 Å². The molecule has 1 aromatic heterocycles. The topological polar surface area (TPSA) is 37.7 Å². The second-order valence-corrected chi connectivity index (χ2v) is 2.54. The number of aryl methyl sites for hydroxylation is 2. The van der Waals surface area contributed by atoms with E-state index in [4.69, 9.17) is 11.6 Å². The Morgan fingerprint density at radius 2 is 2.40 bits per heavy atom. The van der Waals surface area contributed by atoms with Gasteiger partial charge in [0.2, 0.25) is 5.56 Å². The quantitative estimate of drug-likeness (QED) is 0.571. The summed E-state index contributed by atoms with van der Waals surface area (Å²) < 4.78 is 1.64. The first-order valence-corrected chi connectivity index (χ1v) is 3.34. The van der Waals surface area contributed by atoms with Crippen LogP contribution in [-0.4, -0.2) is 9.55 Å². The molecule has 3 nitrogen and oxygen atoms in total. The van der Waals surface area contributed by atoms with Crippen LogP contribution in [0.4, 0.5) is 0 Å². The van der Waals surface area contributed by atoms with Gasteiger partial charge in [-0.3, -0.25) is 0 Å². The van der Waals surface area contributed by atoms with Gasteiger partial charge in [-0.1, -0.05) is 11.6 Å². The van der Waals surface area contributed by atoms with E-state index in [1.807, 2.05) is 0 Å². The van der Waals surface area contributed by atoms with Crippen LogP contribution in [0.25, 0.3) is 0 Å². The third-order valence-corrected chi connectivity index (χ3v) is 1.60. The van der Waals surface area contributed by atoms with Crippen LogP contribution in [0.1, 0.15) is 17.0 Å². The maximum Gasteiger partial charge on any atom is 0.208 e. The fourth-order valence-electron chi connectivity index (χ4n) is 0.881. The van der Waals surface area contributed by atoms with Gasteiger partial charge in [-0.05, 0) is 6.92 Å². The van der Waals surface area contributed by atoms with Gasteiger partial charge in [0.15, 0.2) is 0 Å². The summed E-state index contributed by atoms with van der Waals surface area (Å²) in [7, 11) is 1.75. The van der Waals surface area contributed by atoms with Crippen molar-refractivity contribution >= 4 is 11.6 Å². The first-order valence-electron chi connectivity index (χ1n) is 2.90. The van der Waals surface area contributed by atoms with Gasteiger partial charge in [0.25, 0.3) is 0 Å². The molecule has 0 aliphatic carbocycles. The molecule has 0 saturated heterocycles. The van der Waals surface area contributed by atoms with Crippen LogP contribution in [0.5, 0.6) is 0 Å². The average molecular weight is 160 g/mol. The molecular weight excluding hydrogens is 152 g/mol. The number of halogens is 1. The van der Waals surface area contributed by atoms with E-state index in [-0.39, 0.29) is 0 Å². The van der Waals surface area contributed by atoms with E-state index in [1.165, 1.54) is 0 Å². The third kappa shape index (κ3) is 1.15. The summed E-state index contributed by atoms with van der Waals surface area (Å²) in [4.78, 5) is 3.92. The third-order valence-electron chi connectivity index (χ3n) is 1.39. The van der Waals surface area contributed by atoms with E-state index < -0.39 is 5.56 Å². The zero-order valence-corrected chi connectivity index (χ0v) is 6.59. The highest BCUT2D eigenvalue weighted by Gasteiger charge is 2.12. The molecule has 0 fully saturated rings. The molecule has 0 spiro atoms. The standard InChI is InChI=1S/C6H8ClN2O/c1-4-5(6(7)10)9(2)3-8-4/h3,6H,1-2H3. The zero-order valence-electron chi connectivity index (χ0n) is 5.84. The highest BCUT2D eigenvalue weighted by Crippen LogP contribution is 2.19. The minimum atomic E-state index is -1.20. The van der Waals surface area contributed by atoms with Crippen molar-refractivity contribution in [3.63, 3.8) is 0 Å². The SMILES string of the molecule is Cc1ncn(C)c1C([O])Cl. The maximum atomic E-state index is 10.7. The lowest BCUT2D eigenvalue weighted by molar-refractivity contribution is 0.154. The van der Waals surface area contributed by atoms with Crippen molar-refractivity contribution in [1.29, 1.82) is 0 Å². The molecule has 1 radical (unpaired) electrons. The summed E-state index contributed by atoms with van der Waals surface area (Å²) in [5.41, 5.74) is 0.0478. The summed E-state index contributed by atoms with van der Waals surface area (Å²) in [5.74, 6) is 0. The van der Waals surface area contributed by atoms with Crippen molar-refractivity contribution in [1.82, 2.24) is 9.55 Å².